The van der Waals surface area contributed by atoms with Crippen LogP contribution in [0.3, 0.4) is 0 Å². The van der Waals surface area contributed by atoms with Crippen molar-refractivity contribution in [2.75, 3.05) is 45.4 Å². The number of rotatable bonds is 8. The fourth-order valence-corrected chi connectivity index (χ4v) is 3.19. The van der Waals surface area contributed by atoms with Gasteiger partial charge in [-0.2, -0.15) is 4.98 Å². The summed E-state index contributed by atoms with van der Waals surface area (Å²) >= 11 is 0. The second-order valence-corrected chi connectivity index (χ2v) is 6.45. The van der Waals surface area contributed by atoms with E-state index in [2.05, 4.69) is 20.2 Å². The van der Waals surface area contributed by atoms with E-state index in [1.807, 2.05) is 13.0 Å². The Bertz CT molecular complexity index is 822. The van der Waals surface area contributed by atoms with Crippen LogP contribution in [0.15, 0.2) is 24.3 Å². The first kappa shape index (κ1) is 19.7. The summed E-state index contributed by atoms with van der Waals surface area (Å²) in [6.07, 6.45) is 2.36. The average molecular weight is 386 g/mol. The Hall–Kier alpha value is -3.03. The summed E-state index contributed by atoms with van der Waals surface area (Å²) in [5.74, 6) is 2.75. The molecule has 0 spiro atoms. The second kappa shape index (κ2) is 9.25. The molecule has 0 aliphatic carbocycles. The first-order valence-electron chi connectivity index (χ1n) is 9.35. The first-order chi connectivity index (χ1) is 13.6. The van der Waals surface area contributed by atoms with E-state index in [9.17, 15) is 4.79 Å². The number of hydrogen-bond donors (Lipinski definition) is 1. The summed E-state index contributed by atoms with van der Waals surface area (Å²) in [6, 6.07) is 7.03. The molecule has 1 saturated heterocycles. The Balaban J connectivity index is 1.55. The number of hydrogen-bond acceptors (Lipinski definition) is 7. The number of carbonyl (C=O) groups is 1. The standard InChI is InChI=1S/C20H26N4O4/c1-14-22-17(24-10-4-5-11-24)13-18(23-14)28-12-9-21-20(25)15-7-6-8-16(26-2)19(15)27-3/h6-8,13H,4-5,9-12H2,1-3H3,(H,21,25). The maximum atomic E-state index is 12.5. The quantitative estimate of drug-likeness (QED) is 0.696. The molecule has 1 aromatic heterocycles. The summed E-state index contributed by atoms with van der Waals surface area (Å²) in [4.78, 5) is 23.5. The van der Waals surface area contributed by atoms with E-state index in [0.717, 1.165) is 18.9 Å². The van der Waals surface area contributed by atoms with Gasteiger partial charge in [-0.05, 0) is 31.9 Å². The van der Waals surface area contributed by atoms with E-state index in [0.29, 0.717) is 41.9 Å². The molecule has 2 heterocycles. The number of carbonyl (C=O) groups excluding carboxylic acids is 1. The number of nitrogens with zero attached hydrogens (tertiary/aromatic N) is 3. The molecule has 0 bridgehead atoms. The highest BCUT2D eigenvalue weighted by Crippen LogP contribution is 2.30. The van der Waals surface area contributed by atoms with Crippen LogP contribution in [0.2, 0.25) is 0 Å². The van der Waals surface area contributed by atoms with Crippen molar-refractivity contribution < 1.29 is 19.0 Å². The van der Waals surface area contributed by atoms with E-state index in [1.165, 1.54) is 27.1 Å². The second-order valence-electron chi connectivity index (χ2n) is 6.45. The summed E-state index contributed by atoms with van der Waals surface area (Å²) < 4.78 is 16.3. The highest BCUT2D eigenvalue weighted by atomic mass is 16.5. The number of methoxy groups -OCH3 is 2. The predicted molar refractivity (Wildman–Crippen MR) is 106 cm³/mol. The summed E-state index contributed by atoms with van der Waals surface area (Å²) in [5.41, 5.74) is 0.413. The topological polar surface area (TPSA) is 85.8 Å². The Kier molecular flexibility index (Phi) is 6.52. The molecule has 28 heavy (non-hydrogen) atoms. The van der Waals surface area contributed by atoms with Crippen molar-refractivity contribution in [3.63, 3.8) is 0 Å². The molecular formula is C20H26N4O4. The molecule has 0 radical (unpaired) electrons. The van der Waals surface area contributed by atoms with Gasteiger partial charge in [0.05, 0.1) is 26.3 Å². The third kappa shape index (κ3) is 4.62. The zero-order valence-electron chi connectivity index (χ0n) is 16.5. The van der Waals surface area contributed by atoms with Crippen molar-refractivity contribution in [1.82, 2.24) is 15.3 Å². The van der Waals surface area contributed by atoms with Crippen LogP contribution in [0.1, 0.15) is 29.0 Å². The maximum absolute atomic E-state index is 12.5. The number of nitrogens with one attached hydrogen (secondary N) is 1. The minimum atomic E-state index is -0.254. The van der Waals surface area contributed by atoms with Crippen LogP contribution < -0.4 is 24.4 Å². The Morgan fingerprint density at radius 3 is 2.68 bits per heavy atom. The van der Waals surface area contributed by atoms with E-state index in [-0.39, 0.29) is 5.91 Å². The molecule has 1 fully saturated rings. The number of ether oxygens (including phenoxy) is 3. The van der Waals surface area contributed by atoms with Crippen molar-refractivity contribution in [3.8, 4) is 17.4 Å². The molecule has 0 unspecified atom stereocenters. The molecule has 2 aromatic rings. The van der Waals surface area contributed by atoms with Crippen molar-refractivity contribution >= 4 is 11.7 Å². The van der Waals surface area contributed by atoms with Gasteiger partial charge in [0, 0.05) is 19.2 Å². The molecule has 8 nitrogen and oxygen atoms in total. The Morgan fingerprint density at radius 2 is 1.96 bits per heavy atom. The molecule has 1 N–H and O–H groups in total. The first-order valence-corrected chi connectivity index (χ1v) is 9.35. The molecule has 0 atom stereocenters. The number of benzene rings is 1. The van der Waals surface area contributed by atoms with Crippen LogP contribution in [0.25, 0.3) is 0 Å². The van der Waals surface area contributed by atoms with Gasteiger partial charge in [-0.25, -0.2) is 4.98 Å². The monoisotopic (exact) mass is 386 g/mol. The minimum Gasteiger partial charge on any atom is -0.493 e. The third-order valence-corrected chi connectivity index (χ3v) is 4.52. The minimum absolute atomic E-state index is 0.254. The van der Waals surface area contributed by atoms with E-state index in [1.54, 1.807) is 18.2 Å². The number of aryl methyl sites for hydroxylation is 1. The van der Waals surface area contributed by atoms with Gasteiger partial charge in [0.1, 0.15) is 18.2 Å². The van der Waals surface area contributed by atoms with Gasteiger partial charge in [0.25, 0.3) is 5.91 Å². The van der Waals surface area contributed by atoms with Crippen molar-refractivity contribution in [1.29, 1.82) is 0 Å². The van der Waals surface area contributed by atoms with Crippen LogP contribution in [0, 0.1) is 6.92 Å². The lowest BCUT2D eigenvalue weighted by Gasteiger charge is -2.17. The van der Waals surface area contributed by atoms with Crippen LogP contribution >= 0.6 is 0 Å². The number of aromatic nitrogens is 2. The molecule has 3 rings (SSSR count). The normalized spacial score (nSPS) is 13.3. The number of anilines is 1. The van der Waals surface area contributed by atoms with Crippen molar-refractivity contribution in [2.24, 2.45) is 0 Å². The van der Waals surface area contributed by atoms with Gasteiger partial charge in [0.2, 0.25) is 5.88 Å². The Morgan fingerprint density at radius 1 is 1.18 bits per heavy atom. The fraction of sp³-hybridized carbons (Fsp3) is 0.450. The number of amides is 1. The maximum Gasteiger partial charge on any atom is 0.255 e. The SMILES string of the molecule is COc1cccc(C(=O)NCCOc2cc(N3CCCC3)nc(C)n2)c1OC. The van der Waals surface area contributed by atoms with Gasteiger partial charge in [0.15, 0.2) is 11.5 Å². The molecule has 1 aliphatic rings. The zero-order chi connectivity index (χ0) is 19.9. The molecule has 150 valence electrons. The predicted octanol–water partition coefficient (Wildman–Crippen LogP) is 2.21. The lowest BCUT2D eigenvalue weighted by atomic mass is 10.1. The molecule has 8 heteroatoms. The average Bonchev–Trinajstić information content (AvgIpc) is 3.25. The van der Waals surface area contributed by atoms with E-state index >= 15 is 0 Å². The molecule has 1 aromatic carbocycles. The molecular weight excluding hydrogens is 360 g/mol. The van der Waals surface area contributed by atoms with Gasteiger partial charge in [-0.3, -0.25) is 4.79 Å². The molecule has 0 saturated carbocycles. The van der Waals surface area contributed by atoms with Crippen LogP contribution in [0.4, 0.5) is 5.82 Å². The van der Waals surface area contributed by atoms with Crippen molar-refractivity contribution in [2.45, 2.75) is 19.8 Å². The molecule has 1 aliphatic heterocycles. The van der Waals surface area contributed by atoms with Gasteiger partial charge >= 0.3 is 0 Å². The fourth-order valence-electron chi connectivity index (χ4n) is 3.19. The van der Waals surface area contributed by atoms with Gasteiger partial charge in [-0.15, -0.1) is 0 Å². The van der Waals surface area contributed by atoms with Crippen LogP contribution in [-0.4, -0.2) is 56.3 Å². The summed E-state index contributed by atoms with van der Waals surface area (Å²) in [7, 11) is 3.04. The third-order valence-electron chi connectivity index (χ3n) is 4.52. The van der Waals surface area contributed by atoms with E-state index < -0.39 is 0 Å². The van der Waals surface area contributed by atoms with Gasteiger partial charge in [-0.1, -0.05) is 6.07 Å². The highest BCUT2D eigenvalue weighted by molar-refractivity contribution is 5.97. The van der Waals surface area contributed by atoms with Crippen LogP contribution in [0.5, 0.6) is 17.4 Å². The number of para-hydroxylation sites is 1. The van der Waals surface area contributed by atoms with Gasteiger partial charge < -0.3 is 24.4 Å². The lowest BCUT2D eigenvalue weighted by molar-refractivity contribution is 0.0943. The van der Waals surface area contributed by atoms with E-state index in [4.69, 9.17) is 14.2 Å². The summed E-state index contributed by atoms with van der Waals surface area (Å²) in [6.45, 7) is 4.50. The highest BCUT2D eigenvalue weighted by Gasteiger charge is 2.17. The van der Waals surface area contributed by atoms with Crippen molar-refractivity contribution in [3.05, 3.63) is 35.7 Å². The van der Waals surface area contributed by atoms with Crippen LogP contribution in [-0.2, 0) is 0 Å². The lowest BCUT2D eigenvalue weighted by Crippen LogP contribution is -2.28. The Labute approximate surface area is 164 Å². The molecule has 1 amide bonds. The zero-order valence-corrected chi connectivity index (χ0v) is 16.5. The largest absolute Gasteiger partial charge is 0.493 e. The smallest absolute Gasteiger partial charge is 0.255 e. The summed E-state index contributed by atoms with van der Waals surface area (Å²) in [5, 5.41) is 2.83.